The zero-order valence-electron chi connectivity index (χ0n) is 40.0. The first-order valence-electron chi connectivity index (χ1n) is 23.4. The van der Waals surface area contributed by atoms with Gasteiger partial charge in [0, 0.05) is 98.4 Å². The molecule has 360 valence electrons. The van der Waals surface area contributed by atoms with Gasteiger partial charge >= 0.3 is 0 Å². The summed E-state index contributed by atoms with van der Waals surface area (Å²) in [4.78, 5) is 52.9. The Labute approximate surface area is 408 Å². The van der Waals surface area contributed by atoms with Crippen LogP contribution in [-0.4, -0.2) is 125 Å². The molecule has 3 aliphatic heterocycles. The minimum absolute atomic E-state index is 0.119. The number of aryl methyl sites for hydroxylation is 1. The van der Waals surface area contributed by atoms with Crippen molar-refractivity contribution in [2.45, 2.75) is 91.8 Å². The molecule has 0 unspecified atom stereocenters. The van der Waals surface area contributed by atoms with Gasteiger partial charge in [-0.05, 0) is 54.4 Å². The molecule has 2 saturated heterocycles. The number of piperazine rings is 1. The molecule has 68 heavy (non-hydrogen) atoms. The highest BCUT2D eigenvalue weighted by Gasteiger charge is 2.64. The molecule has 3 atom stereocenters. The normalized spacial score (nSPS) is 24.0. The van der Waals surface area contributed by atoms with Gasteiger partial charge in [-0.2, -0.15) is 5.26 Å². The number of ether oxygens (including phenoxy) is 2. The average Bonchev–Trinajstić information content (AvgIpc) is 4.02. The van der Waals surface area contributed by atoms with Crippen LogP contribution in [0.3, 0.4) is 0 Å². The smallest absolute Gasteiger partial charge is 0.251 e. The Bertz CT molecular complexity index is 2550. The van der Waals surface area contributed by atoms with Gasteiger partial charge in [-0.15, -0.1) is 11.3 Å². The third-order valence-electron chi connectivity index (χ3n) is 14.2. The maximum Gasteiger partial charge on any atom is 0.251 e. The molecule has 4 N–H and O–H groups in total. The minimum atomic E-state index is -0.770. The third kappa shape index (κ3) is 10.4. The molecular weight excluding hydrogens is 900 g/mol. The second kappa shape index (κ2) is 19.8. The van der Waals surface area contributed by atoms with E-state index in [-0.39, 0.29) is 53.7 Å². The molecule has 3 fully saturated rings. The van der Waals surface area contributed by atoms with Crippen LogP contribution in [0.2, 0.25) is 5.02 Å². The van der Waals surface area contributed by atoms with Gasteiger partial charge in [0.1, 0.15) is 42.4 Å². The molecule has 0 bridgehead atoms. The monoisotopic (exact) mass is 962 g/mol. The van der Waals surface area contributed by atoms with E-state index in [0.717, 1.165) is 60.1 Å². The number of benzene rings is 3. The predicted octanol–water partition coefficient (Wildman–Crippen LogP) is 6.41. The van der Waals surface area contributed by atoms with Gasteiger partial charge in [-0.25, -0.2) is 4.98 Å². The summed E-state index contributed by atoms with van der Waals surface area (Å²) in [6.07, 6.45) is 1.37. The largest absolute Gasteiger partial charge is 0.492 e. The van der Waals surface area contributed by atoms with E-state index in [0.29, 0.717) is 47.3 Å². The van der Waals surface area contributed by atoms with Crippen LogP contribution in [0, 0.1) is 34.5 Å². The summed E-state index contributed by atoms with van der Waals surface area (Å²) in [5.41, 5.74) is 5.55. The molecule has 1 aromatic heterocycles. The Balaban J connectivity index is 0.749. The lowest BCUT2D eigenvalue weighted by molar-refractivity contribution is -0.164. The van der Waals surface area contributed by atoms with Crippen molar-refractivity contribution in [3.63, 3.8) is 0 Å². The Hall–Kier alpha value is -5.50. The van der Waals surface area contributed by atoms with Crippen molar-refractivity contribution in [2.75, 3.05) is 52.4 Å². The standard InChI is InChI=1S/C52H63ClN8O6S/c1-32-43(68-31-56-32)34-10-8-33(9-11-34)28-55-46(64)42-24-38(62)30-61(42)47(65)44-50(2,3)26-37(57-44)29-60-20-18-59(19-21-60)22-23-66-39-15-12-35(13-16-39)45(63)58-48-51(4,5)49(52(48,6)7)67-40-17-14-36(27-54)41(53)25-40/h8-17,25-26,31,38,42,44,48-49,57,62H,18-24,28-30H2,1-7H3,(H,55,64)(H,58,63)/t38-,42+,44-,48?,49?/m1/s1. The van der Waals surface area contributed by atoms with Crippen molar-refractivity contribution in [3.8, 4) is 28.0 Å². The van der Waals surface area contributed by atoms with Crippen LogP contribution >= 0.6 is 22.9 Å². The van der Waals surface area contributed by atoms with Gasteiger partial charge in [0.25, 0.3) is 5.91 Å². The maximum atomic E-state index is 14.2. The fraction of sp³-hybridized carbons (Fsp3) is 0.481. The highest BCUT2D eigenvalue weighted by atomic mass is 35.5. The fourth-order valence-electron chi connectivity index (χ4n) is 10.8. The van der Waals surface area contributed by atoms with Crippen molar-refractivity contribution >= 4 is 40.7 Å². The van der Waals surface area contributed by atoms with Crippen molar-refractivity contribution < 1.29 is 29.0 Å². The Morgan fingerprint density at radius 1 is 0.956 bits per heavy atom. The van der Waals surface area contributed by atoms with Crippen LogP contribution in [-0.2, 0) is 16.1 Å². The van der Waals surface area contributed by atoms with Gasteiger partial charge in [0.15, 0.2) is 0 Å². The number of hydrogen-bond acceptors (Lipinski definition) is 12. The van der Waals surface area contributed by atoms with Crippen molar-refractivity contribution in [3.05, 3.63) is 111 Å². The molecular formula is C52H63ClN8O6S. The quantitative estimate of drug-likeness (QED) is 0.104. The number of rotatable bonds is 15. The summed E-state index contributed by atoms with van der Waals surface area (Å²) in [7, 11) is 0. The Morgan fingerprint density at radius 3 is 2.28 bits per heavy atom. The lowest BCUT2D eigenvalue weighted by Gasteiger charge is -2.63. The van der Waals surface area contributed by atoms with E-state index in [1.54, 1.807) is 46.6 Å². The van der Waals surface area contributed by atoms with Crippen LogP contribution in [0.1, 0.15) is 75.1 Å². The number of hydrogen-bond donors (Lipinski definition) is 4. The fourth-order valence-corrected chi connectivity index (χ4v) is 11.8. The number of β-amino-alcohol motifs (C(OH)–C–C–N with tert-alkyl or cyclic N) is 1. The molecule has 1 aliphatic carbocycles. The lowest BCUT2D eigenvalue weighted by atomic mass is 9.49. The molecule has 4 aromatic rings. The zero-order chi connectivity index (χ0) is 48.5. The number of thiazole rings is 1. The van der Waals surface area contributed by atoms with E-state index in [1.807, 2.05) is 62.7 Å². The second-order valence-electron chi connectivity index (χ2n) is 20.4. The number of aliphatic hydroxyl groups excluding tert-OH is 1. The summed E-state index contributed by atoms with van der Waals surface area (Å²) >= 11 is 7.85. The number of halogens is 1. The molecule has 3 aromatic carbocycles. The molecule has 8 rings (SSSR count). The number of carbonyl (C=O) groups excluding carboxylic acids is 3. The highest BCUT2D eigenvalue weighted by Crippen LogP contribution is 2.55. The molecule has 16 heteroatoms. The first-order chi connectivity index (χ1) is 32.3. The summed E-state index contributed by atoms with van der Waals surface area (Å²) < 4.78 is 12.5. The molecule has 3 amide bonds. The van der Waals surface area contributed by atoms with Gasteiger partial charge in [0.2, 0.25) is 11.8 Å². The molecule has 1 saturated carbocycles. The van der Waals surface area contributed by atoms with Gasteiger partial charge in [0.05, 0.1) is 32.8 Å². The number of amides is 3. The van der Waals surface area contributed by atoms with Gasteiger partial charge in [-0.1, -0.05) is 83.5 Å². The SMILES string of the molecule is Cc1ncsc1-c1ccc(CNC(=O)[C@@H]2C[C@@H](O)CN2C(=O)[C@H]2NC(CN3CCN(CCOc4ccc(C(=O)NC5C(C)(C)C(Oc6ccc(C#N)c(Cl)c6)C5(C)C)cc4)CC3)=CC2(C)C)cc1. The number of nitrogens with one attached hydrogen (secondary N) is 3. The summed E-state index contributed by atoms with van der Waals surface area (Å²) in [5, 5.41) is 30.0. The van der Waals surface area contributed by atoms with Crippen LogP contribution < -0.4 is 25.4 Å². The van der Waals surface area contributed by atoms with Crippen molar-refractivity contribution in [2.24, 2.45) is 16.2 Å². The van der Waals surface area contributed by atoms with Gasteiger partial charge < -0.3 is 35.4 Å². The Morgan fingerprint density at radius 2 is 1.63 bits per heavy atom. The number of likely N-dealkylation sites (tertiary alicyclic amines) is 1. The number of aromatic nitrogens is 1. The predicted molar refractivity (Wildman–Crippen MR) is 263 cm³/mol. The number of nitriles is 1. The molecule has 14 nitrogen and oxygen atoms in total. The first-order valence-corrected chi connectivity index (χ1v) is 24.7. The Kier molecular flexibility index (Phi) is 14.3. The van der Waals surface area contributed by atoms with Crippen LogP contribution in [0.25, 0.3) is 10.4 Å². The number of carbonyl (C=O) groups is 3. The lowest BCUT2D eigenvalue weighted by Crippen LogP contribution is -2.74. The summed E-state index contributed by atoms with van der Waals surface area (Å²) in [5.74, 6) is 0.678. The van der Waals surface area contributed by atoms with E-state index < -0.39 is 23.6 Å². The summed E-state index contributed by atoms with van der Waals surface area (Å²) in [6.45, 7) is 20.3. The number of nitrogens with zero attached hydrogens (tertiary/aromatic N) is 5. The van der Waals surface area contributed by atoms with E-state index in [9.17, 15) is 24.8 Å². The number of aliphatic hydroxyl groups is 1. The molecule has 4 aliphatic rings. The van der Waals surface area contributed by atoms with E-state index in [2.05, 4.69) is 70.6 Å². The maximum absolute atomic E-state index is 14.2. The van der Waals surface area contributed by atoms with Gasteiger partial charge in [-0.3, -0.25) is 24.2 Å². The first kappa shape index (κ1) is 48.9. The van der Waals surface area contributed by atoms with E-state index in [1.165, 1.54) is 0 Å². The second-order valence-corrected chi connectivity index (χ2v) is 21.7. The molecule has 4 heterocycles. The van der Waals surface area contributed by atoms with Crippen LogP contribution in [0.5, 0.6) is 11.5 Å². The molecule has 0 radical (unpaired) electrons. The zero-order valence-corrected chi connectivity index (χ0v) is 41.5. The van der Waals surface area contributed by atoms with E-state index in [4.69, 9.17) is 21.1 Å². The third-order valence-corrected chi connectivity index (χ3v) is 15.5. The van der Waals surface area contributed by atoms with E-state index >= 15 is 0 Å². The van der Waals surface area contributed by atoms with Crippen LogP contribution in [0.4, 0.5) is 0 Å². The average molecular weight is 964 g/mol. The molecule has 0 spiro atoms. The minimum Gasteiger partial charge on any atom is -0.492 e. The van der Waals surface area contributed by atoms with Crippen molar-refractivity contribution in [1.82, 2.24) is 35.6 Å². The summed E-state index contributed by atoms with van der Waals surface area (Å²) in [6, 6.07) is 21.0. The van der Waals surface area contributed by atoms with Crippen molar-refractivity contribution in [1.29, 1.82) is 5.26 Å². The topological polar surface area (TPSA) is 172 Å². The van der Waals surface area contributed by atoms with Crippen LogP contribution in [0.15, 0.2) is 84.0 Å². The highest BCUT2D eigenvalue weighted by molar-refractivity contribution is 7.13.